The maximum Gasteiger partial charge on any atom is 0.251 e. The average molecular weight is 545 g/mol. The molecule has 2 N–H and O–H groups in total. The molecule has 2 amide bonds. The number of amides is 2. The Kier molecular flexibility index (Phi) is 8.85. The Morgan fingerprint density at radius 2 is 1.68 bits per heavy atom. The van der Waals surface area contributed by atoms with Crippen molar-refractivity contribution in [1.82, 2.24) is 19.8 Å². The summed E-state index contributed by atoms with van der Waals surface area (Å²) in [6.07, 6.45) is 4.22. The SMILES string of the molecule is C[C@]1(NCCCCC(NC(=O)c2ccccc2)C(=O)N2CCN(S(C)(=O)=O)CC2)C[C@@H]1c1ccc(F)cc1. The van der Waals surface area contributed by atoms with Gasteiger partial charge in [0.1, 0.15) is 11.9 Å². The highest BCUT2D eigenvalue weighted by molar-refractivity contribution is 7.88. The molecule has 10 heteroatoms. The molecule has 38 heavy (non-hydrogen) atoms. The standard InChI is InChI=1S/C28H37FN4O4S/c1-28(20-24(28)21-11-13-23(29)14-12-21)30-15-7-6-10-25(31-26(34)22-8-4-3-5-9-22)27(35)32-16-18-33(19-17-32)38(2,36)37/h3-5,8-9,11-14,24-25,30H,6-7,10,15-20H2,1-2H3,(H,31,34)/t24-,25?,28+/m1/s1. The Morgan fingerprint density at radius 3 is 2.32 bits per heavy atom. The first-order chi connectivity index (χ1) is 18.1. The molecule has 1 aliphatic carbocycles. The van der Waals surface area contributed by atoms with Crippen molar-refractivity contribution in [2.75, 3.05) is 39.0 Å². The van der Waals surface area contributed by atoms with Gasteiger partial charge in [0.25, 0.3) is 5.91 Å². The topological polar surface area (TPSA) is 98.8 Å². The number of nitrogens with zero attached hydrogens (tertiary/aromatic N) is 2. The molecule has 0 aromatic heterocycles. The average Bonchev–Trinajstić information content (AvgIpc) is 3.58. The highest BCUT2D eigenvalue weighted by Gasteiger charge is 2.50. The summed E-state index contributed by atoms with van der Waals surface area (Å²) in [6.45, 7) is 4.05. The molecule has 1 saturated carbocycles. The number of benzene rings is 2. The molecule has 3 atom stereocenters. The van der Waals surface area contributed by atoms with Gasteiger partial charge in [-0.1, -0.05) is 30.3 Å². The third-order valence-electron chi connectivity index (χ3n) is 7.62. The van der Waals surface area contributed by atoms with Crippen molar-refractivity contribution in [2.24, 2.45) is 0 Å². The van der Waals surface area contributed by atoms with Gasteiger partial charge >= 0.3 is 0 Å². The third-order valence-corrected chi connectivity index (χ3v) is 8.92. The second kappa shape index (κ2) is 11.9. The maximum absolute atomic E-state index is 13.4. The second-order valence-electron chi connectivity index (χ2n) is 10.5. The molecular weight excluding hydrogens is 507 g/mol. The maximum atomic E-state index is 13.4. The van der Waals surface area contributed by atoms with Gasteiger partial charge in [-0.25, -0.2) is 12.8 Å². The van der Waals surface area contributed by atoms with Crippen LogP contribution in [-0.2, 0) is 14.8 Å². The number of carbonyl (C=O) groups excluding carboxylic acids is 2. The Morgan fingerprint density at radius 1 is 1.03 bits per heavy atom. The predicted octanol–water partition coefficient (Wildman–Crippen LogP) is 2.73. The van der Waals surface area contributed by atoms with Crippen LogP contribution < -0.4 is 10.6 Å². The van der Waals surface area contributed by atoms with E-state index in [0.29, 0.717) is 31.0 Å². The molecule has 4 rings (SSSR count). The predicted molar refractivity (Wildman–Crippen MR) is 145 cm³/mol. The summed E-state index contributed by atoms with van der Waals surface area (Å²) in [7, 11) is -3.30. The Labute approximate surface area is 224 Å². The van der Waals surface area contributed by atoms with Crippen LogP contribution in [0.25, 0.3) is 0 Å². The fourth-order valence-corrected chi connectivity index (χ4v) is 5.96. The van der Waals surface area contributed by atoms with Gasteiger partial charge in [-0.05, 0) is 69.0 Å². The Balaban J connectivity index is 1.29. The minimum Gasteiger partial charge on any atom is -0.340 e. The Hall–Kier alpha value is -2.82. The molecule has 2 aliphatic rings. The summed E-state index contributed by atoms with van der Waals surface area (Å²) in [5, 5.41) is 6.52. The summed E-state index contributed by atoms with van der Waals surface area (Å²) < 4.78 is 38.3. The van der Waals surface area contributed by atoms with Crippen LogP contribution in [0.4, 0.5) is 4.39 Å². The number of unbranched alkanes of at least 4 members (excludes halogenated alkanes) is 1. The van der Waals surface area contributed by atoms with Gasteiger partial charge in [0.05, 0.1) is 6.26 Å². The van der Waals surface area contributed by atoms with Crippen LogP contribution in [0.15, 0.2) is 54.6 Å². The molecule has 206 valence electrons. The summed E-state index contributed by atoms with van der Waals surface area (Å²) >= 11 is 0. The lowest BCUT2D eigenvalue weighted by atomic mass is 10.1. The Bertz CT molecular complexity index is 1220. The first kappa shape index (κ1) is 28.2. The van der Waals surface area contributed by atoms with Crippen molar-refractivity contribution < 1.29 is 22.4 Å². The highest BCUT2D eigenvalue weighted by atomic mass is 32.2. The van der Waals surface area contributed by atoms with Crippen LogP contribution in [0.2, 0.25) is 0 Å². The van der Waals surface area contributed by atoms with Crippen LogP contribution in [0, 0.1) is 5.82 Å². The molecule has 1 saturated heterocycles. The molecule has 1 unspecified atom stereocenters. The van der Waals surface area contributed by atoms with Crippen LogP contribution >= 0.6 is 0 Å². The van der Waals surface area contributed by atoms with Gasteiger partial charge in [-0.3, -0.25) is 9.59 Å². The largest absolute Gasteiger partial charge is 0.340 e. The van der Waals surface area contributed by atoms with Crippen LogP contribution in [0.3, 0.4) is 0 Å². The van der Waals surface area contributed by atoms with E-state index in [2.05, 4.69) is 17.6 Å². The minimum atomic E-state index is -3.30. The molecule has 2 aromatic rings. The van der Waals surface area contributed by atoms with Crippen LogP contribution in [-0.4, -0.2) is 80.0 Å². The van der Waals surface area contributed by atoms with E-state index in [9.17, 15) is 22.4 Å². The number of nitrogens with one attached hydrogen (secondary N) is 2. The molecule has 1 heterocycles. The molecule has 0 bridgehead atoms. The molecule has 0 spiro atoms. The summed E-state index contributed by atoms with van der Waals surface area (Å²) in [5.74, 6) is -0.358. The van der Waals surface area contributed by atoms with Crippen molar-refractivity contribution in [1.29, 1.82) is 0 Å². The first-order valence-electron chi connectivity index (χ1n) is 13.2. The van der Waals surface area contributed by atoms with E-state index in [1.54, 1.807) is 29.2 Å². The second-order valence-corrected chi connectivity index (χ2v) is 12.5. The fraction of sp³-hybridized carbons (Fsp3) is 0.500. The van der Waals surface area contributed by atoms with E-state index in [1.165, 1.54) is 22.7 Å². The fourth-order valence-electron chi connectivity index (χ4n) is 5.14. The van der Waals surface area contributed by atoms with Crippen molar-refractivity contribution in [2.45, 2.75) is 50.1 Å². The molecular formula is C28H37FN4O4S. The van der Waals surface area contributed by atoms with Crippen molar-refractivity contribution in [3.05, 3.63) is 71.5 Å². The molecule has 0 radical (unpaired) electrons. The van der Waals surface area contributed by atoms with Gasteiger partial charge in [0, 0.05) is 43.2 Å². The zero-order valence-electron chi connectivity index (χ0n) is 22.0. The molecule has 2 aromatic carbocycles. The van der Waals surface area contributed by atoms with Crippen molar-refractivity contribution >= 4 is 21.8 Å². The highest BCUT2D eigenvalue weighted by Crippen LogP contribution is 2.51. The van der Waals surface area contributed by atoms with Gasteiger partial charge < -0.3 is 15.5 Å². The number of hydrogen-bond donors (Lipinski definition) is 2. The van der Waals surface area contributed by atoms with Gasteiger partial charge in [-0.15, -0.1) is 0 Å². The lowest BCUT2D eigenvalue weighted by molar-refractivity contribution is -0.134. The number of hydrogen-bond acceptors (Lipinski definition) is 5. The van der Waals surface area contributed by atoms with Gasteiger partial charge in [-0.2, -0.15) is 4.31 Å². The number of piperazine rings is 1. The zero-order valence-corrected chi connectivity index (χ0v) is 22.8. The lowest BCUT2D eigenvalue weighted by Gasteiger charge is -2.35. The monoisotopic (exact) mass is 544 g/mol. The summed E-state index contributed by atoms with van der Waals surface area (Å²) in [6, 6.07) is 14.8. The van der Waals surface area contributed by atoms with E-state index in [1.807, 2.05) is 18.2 Å². The smallest absolute Gasteiger partial charge is 0.251 e. The number of carbonyl (C=O) groups is 2. The van der Waals surface area contributed by atoms with Gasteiger partial charge in [0.2, 0.25) is 15.9 Å². The number of rotatable bonds is 11. The summed E-state index contributed by atoms with van der Waals surface area (Å²) in [5.41, 5.74) is 1.60. The molecule has 2 fully saturated rings. The quantitative estimate of drug-likeness (QED) is 0.424. The molecule has 1 aliphatic heterocycles. The van der Waals surface area contributed by atoms with Crippen LogP contribution in [0.1, 0.15) is 54.4 Å². The van der Waals surface area contributed by atoms with E-state index < -0.39 is 16.1 Å². The minimum absolute atomic E-state index is 0.0200. The van der Waals surface area contributed by atoms with Crippen molar-refractivity contribution in [3.63, 3.8) is 0 Å². The van der Waals surface area contributed by atoms with E-state index in [4.69, 9.17) is 0 Å². The third kappa shape index (κ3) is 7.18. The normalized spacial score (nSPS) is 22.6. The van der Waals surface area contributed by atoms with E-state index >= 15 is 0 Å². The van der Waals surface area contributed by atoms with Crippen LogP contribution in [0.5, 0.6) is 0 Å². The lowest BCUT2D eigenvalue weighted by Crippen LogP contribution is -2.55. The number of sulfonamides is 1. The summed E-state index contributed by atoms with van der Waals surface area (Å²) in [4.78, 5) is 27.9. The van der Waals surface area contributed by atoms with E-state index in [-0.39, 0.29) is 36.3 Å². The zero-order chi connectivity index (χ0) is 27.3. The first-order valence-corrected chi connectivity index (χ1v) is 15.0. The molecule has 8 nitrogen and oxygen atoms in total. The van der Waals surface area contributed by atoms with Gasteiger partial charge in [0.15, 0.2) is 0 Å². The number of halogens is 1. The van der Waals surface area contributed by atoms with E-state index in [0.717, 1.165) is 31.4 Å². The van der Waals surface area contributed by atoms with Crippen molar-refractivity contribution in [3.8, 4) is 0 Å².